The minimum Gasteiger partial charge on any atom is -0.222 e. The van der Waals surface area contributed by atoms with Crippen molar-refractivity contribution < 1.29 is 32.1 Å². The standard InChI is InChI=1S/CHNO.Cd/c2-1-3;/h2H;. The molecule has 0 fully saturated rings. The molecule has 0 unspecified atom stereocenters. The Labute approximate surface area is 43.9 Å². The van der Waals surface area contributed by atoms with Crippen LogP contribution in [0.3, 0.4) is 0 Å². The summed E-state index contributed by atoms with van der Waals surface area (Å²) in [4.78, 5) is 8.35. The molecule has 0 spiro atoms. The molecule has 2 nitrogen and oxygen atoms in total. The molecule has 0 amide bonds. The first-order valence-corrected chi connectivity index (χ1v) is 0.454. The normalized spacial score (nSPS) is 2.00. The number of isocyanates is 1. The molecule has 0 bridgehead atoms. The summed E-state index contributed by atoms with van der Waals surface area (Å²) in [5.41, 5.74) is 0. The van der Waals surface area contributed by atoms with Crippen molar-refractivity contribution in [2.75, 3.05) is 0 Å². The molecule has 0 aromatic rings. The van der Waals surface area contributed by atoms with E-state index >= 15 is 0 Å². The number of nitrogens with one attached hydrogen (secondary N) is 1. The van der Waals surface area contributed by atoms with Gasteiger partial charge in [-0.15, -0.1) is 0 Å². The Hall–Kier alpha value is 0.302. The van der Waals surface area contributed by atoms with Gasteiger partial charge in [0.2, 0.25) is 6.08 Å². The number of hydrogen-bond acceptors (Lipinski definition) is 2. The van der Waals surface area contributed by atoms with Gasteiger partial charge in [0.05, 0.1) is 0 Å². The van der Waals surface area contributed by atoms with Gasteiger partial charge in [-0.05, 0) is 0 Å². The number of carbonyl (C=O) groups excluding carboxylic acids is 1. The zero-order chi connectivity index (χ0) is 2.71. The summed E-state index contributed by atoms with van der Waals surface area (Å²) >= 11 is 0. The maximum absolute atomic E-state index is 8.35. The fourth-order valence-electron chi connectivity index (χ4n) is 0. The van der Waals surface area contributed by atoms with Crippen LogP contribution in [0.25, 0.3) is 0 Å². The molecule has 0 aromatic heterocycles. The number of rotatable bonds is 0. The van der Waals surface area contributed by atoms with Crippen molar-refractivity contribution in [2.45, 2.75) is 0 Å². The van der Waals surface area contributed by atoms with Crippen LogP contribution in [-0.2, 0) is 32.1 Å². The third-order valence-electron chi connectivity index (χ3n) is 0. The summed E-state index contributed by atoms with van der Waals surface area (Å²) in [5.74, 6) is 0. The first kappa shape index (κ1) is 8.85. The molecular weight excluding hydrogens is 154 g/mol. The van der Waals surface area contributed by atoms with E-state index in [0.717, 1.165) is 6.08 Å². The van der Waals surface area contributed by atoms with Gasteiger partial charge in [0.15, 0.2) is 0 Å². The van der Waals surface area contributed by atoms with E-state index in [-0.39, 0.29) is 27.3 Å². The molecule has 0 aliphatic carbocycles. The summed E-state index contributed by atoms with van der Waals surface area (Å²) in [5, 5.41) is 5.40. The Bertz CT molecular complexity index is 29.0. The van der Waals surface area contributed by atoms with Gasteiger partial charge in [-0.25, -0.2) is 10.2 Å². The number of hydrogen-bond donors (Lipinski definition) is 1. The van der Waals surface area contributed by atoms with Crippen LogP contribution in [0.1, 0.15) is 0 Å². The zero-order valence-electron chi connectivity index (χ0n) is 2.12. The fraction of sp³-hybridized carbons (Fsp3) is 0. The van der Waals surface area contributed by atoms with Gasteiger partial charge in [-0.3, -0.25) is 0 Å². The molecule has 0 saturated heterocycles. The van der Waals surface area contributed by atoms with Crippen molar-refractivity contribution >= 4 is 6.08 Å². The molecule has 0 radical (unpaired) electrons. The second-order valence-electron chi connectivity index (χ2n) is 0.102. The molecule has 0 aliphatic rings. The van der Waals surface area contributed by atoms with E-state index in [1.807, 2.05) is 0 Å². The van der Waals surface area contributed by atoms with Crippen LogP contribution in [0, 0.1) is 5.41 Å². The van der Waals surface area contributed by atoms with Gasteiger partial charge in [0.1, 0.15) is 0 Å². The van der Waals surface area contributed by atoms with Gasteiger partial charge in [0, 0.05) is 27.3 Å². The molecular formula is CHCdNO. The van der Waals surface area contributed by atoms with Gasteiger partial charge < -0.3 is 0 Å². The Morgan fingerprint density at radius 2 is 1.75 bits per heavy atom. The van der Waals surface area contributed by atoms with E-state index in [9.17, 15) is 0 Å². The maximum atomic E-state index is 8.35. The van der Waals surface area contributed by atoms with Crippen LogP contribution in [0.2, 0.25) is 0 Å². The Balaban J connectivity index is 0. The maximum Gasteiger partial charge on any atom is 0.231 e. The Morgan fingerprint density at radius 1 is 1.75 bits per heavy atom. The van der Waals surface area contributed by atoms with Crippen molar-refractivity contribution in [3.63, 3.8) is 0 Å². The average Bonchev–Trinajstić information content (AvgIpc) is 0.918. The summed E-state index contributed by atoms with van der Waals surface area (Å²) < 4.78 is 0. The van der Waals surface area contributed by atoms with Crippen LogP contribution in [0.15, 0.2) is 0 Å². The third kappa shape index (κ3) is 42.8. The summed E-state index contributed by atoms with van der Waals surface area (Å²) in [6, 6.07) is 0. The molecule has 0 aliphatic heterocycles. The van der Waals surface area contributed by atoms with E-state index < -0.39 is 0 Å². The van der Waals surface area contributed by atoms with Crippen LogP contribution in [0.5, 0.6) is 0 Å². The van der Waals surface area contributed by atoms with Crippen LogP contribution >= 0.6 is 0 Å². The smallest absolute Gasteiger partial charge is 0.222 e. The topological polar surface area (TPSA) is 40.9 Å². The second-order valence-corrected chi connectivity index (χ2v) is 0.102. The molecule has 0 aromatic carbocycles. The average molecular weight is 155 g/mol. The van der Waals surface area contributed by atoms with Crippen molar-refractivity contribution in [3.05, 3.63) is 0 Å². The molecule has 0 atom stereocenters. The van der Waals surface area contributed by atoms with E-state index in [0.29, 0.717) is 0 Å². The van der Waals surface area contributed by atoms with E-state index in [1.165, 1.54) is 0 Å². The first-order chi connectivity index (χ1) is 1.41. The predicted molar refractivity (Wildman–Crippen MR) is 8.41 cm³/mol. The molecule has 18 valence electrons. The summed E-state index contributed by atoms with van der Waals surface area (Å²) in [6.45, 7) is 0. The molecule has 1 N–H and O–H groups in total. The van der Waals surface area contributed by atoms with Gasteiger partial charge in [-0.1, -0.05) is 0 Å². The monoisotopic (exact) mass is 157 g/mol. The van der Waals surface area contributed by atoms with Crippen LogP contribution in [0.4, 0.5) is 0 Å². The van der Waals surface area contributed by atoms with Gasteiger partial charge in [0.25, 0.3) is 0 Å². The molecule has 0 saturated carbocycles. The first-order valence-electron chi connectivity index (χ1n) is 0.454. The third-order valence-corrected chi connectivity index (χ3v) is 0. The molecule has 0 rings (SSSR count). The Kier molecular flexibility index (Phi) is 22.8. The Morgan fingerprint density at radius 3 is 1.75 bits per heavy atom. The predicted octanol–water partition coefficient (Wildman–Crippen LogP) is -0.102. The van der Waals surface area contributed by atoms with Crippen molar-refractivity contribution in [2.24, 2.45) is 0 Å². The van der Waals surface area contributed by atoms with E-state index in [1.54, 1.807) is 0 Å². The SMILES string of the molecule is N=C=O.[Cd]. The minimum atomic E-state index is 0. The largest absolute Gasteiger partial charge is 0.231 e. The minimum absolute atomic E-state index is 0. The van der Waals surface area contributed by atoms with Crippen molar-refractivity contribution in [1.82, 2.24) is 0 Å². The summed E-state index contributed by atoms with van der Waals surface area (Å²) in [7, 11) is 0. The summed E-state index contributed by atoms with van der Waals surface area (Å²) in [6.07, 6.45) is 0.750. The molecule has 4 heavy (non-hydrogen) atoms. The van der Waals surface area contributed by atoms with Crippen molar-refractivity contribution in [3.8, 4) is 0 Å². The zero-order valence-corrected chi connectivity index (χ0v) is 6.15. The fourth-order valence-corrected chi connectivity index (χ4v) is 0. The van der Waals surface area contributed by atoms with Gasteiger partial charge in [-0.2, -0.15) is 0 Å². The second kappa shape index (κ2) is 10.3. The quantitative estimate of drug-likeness (QED) is 0.296. The van der Waals surface area contributed by atoms with Gasteiger partial charge >= 0.3 is 0 Å². The van der Waals surface area contributed by atoms with Crippen molar-refractivity contribution in [1.29, 1.82) is 5.41 Å². The van der Waals surface area contributed by atoms with Crippen LogP contribution in [-0.4, -0.2) is 6.08 Å². The van der Waals surface area contributed by atoms with E-state index in [2.05, 4.69) is 0 Å². The molecule has 0 heterocycles. The van der Waals surface area contributed by atoms with E-state index in [4.69, 9.17) is 10.2 Å². The molecule has 3 heteroatoms. The van der Waals surface area contributed by atoms with Crippen LogP contribution < -0.4 is 0 Å².